The number of amides is 1. The van der Waals surface area contributed by atoms with E-state index < -0.39 is 24.2 Å². The lowest BCUT2D eigenvalue weighted by atomic mass is 10.1. The Kier molecular flexibility index (Phi) is 7.24. The number of carbonyl (C=O) groups is 1. The Balaban J connectivity index is 1.79. The molecule has 3 rings (SSSR count). The number of guanidine groups is 1. The average molecular weight is 443 g/mol. The fourth-order valence-electron chi connectivity index (χ4n) is 3.28. The van der Waals surface area contributed by atoms with Crippen LogP contribution in [0.5, 0.6) is 0 Å². The minimum atomic E-state index is -4.60. The first-order valence-corrected chi connectivity index (χ1v) is 9.89. The van der Waals surface area contributed by atoms with Gasteiger partial charge in [0, 0.05) is 17.2 Å². The van der Waals surface area contributed by atoms with Crippen molar-refractivity contribution in [3.63, 3.8) is 0 Å². The highest BCUT2D eigenvalue weighted by atomic mass is 19.4. The Morgan fingerprint density at radius 2 is 1.74 bits per heavy atom. The third-order valence-electron chi connectivity index (χ3n) is 4.92. The fourth-order valence-corrected chi connectivity index (χ4v) is 3.28. The molecule has 0 aliphatic heterocycles. The summed E-state index contributed by atoms with van der Waals surface area (Å²) in [6, 6.07) is 5.43. The van der Waals surface area contributed by atoms with E-state index in [9.17, 15) is 26.7 Å². The van der Waals surface area contributed by atoms with Gasteiger partial charge in [-0.25, -0.2) is 13.8 Å². The van der Waals surface area contributed by atoms with Crippen molar-refractivity contribution >= 4 is 17.7 Å². The van der Waals surface area contributed by atoms with E-state index in [0.29, 0.717) is 0 Å². The number of aliphatic imine (C=N–C) groups is 1. The molecule has 2 aromatic rings. The number of alkyl halides is 5. The van der Waals surface area contributed by atoms with Gasteiger partial charge in [-0.3, -0.25) is 15.2 Å². The molecule has 1 amide bonds. The molecule has 31 heavy (non-hydrogen) atoms. The van der Waals surface area contributed by atoms with Crippen molar-refractivity contribution in [2.45, 2.75) is 57.2 Å². The summed E-state index contributed by atoms with van der Waals surface area (Å²) in [6.45, 7) is 0. The van der Waals surface area contributed by atoms with Crippen LogP contribution in [0.4, 0.5) is 27.8 Å². The third-order valence-corrected chi connectivity index (χ3v) is 4.92. The summed E-state index contributed by atoms with van der Waals surface area (Å²) in [7, 11) is 0. The van der Waals surface area contributed by atoms with Gasteiger partial charge in [-0.2, -0.15) is 18.3 Å². The maximum absolute atomic E-state index is 12.8. The van der Waals surface area contributed by atoms with Gasteiger partial charge in [0.05, 0.1) is 6.04 Å². The molecule has 168 valence electrons. The minimum absolute atomic E-state index is 0.0462. The van der Waals surface area contributed by atoms with E-state index in [1.54, 1.807) is 0 Å². The Morgan fingerprint density at radius 1 is 1.10 bits per heavy atom. The largest absolute Gasteiger partial charge is 0.432 e. The van der Waals surface area contributed by atoms with Crippen molar-refractivity contribution < 1.29 is 26.7 Å². The standard InChI is InChI=1S/C20H22F5N5O/c21-17(22)12-7-9-13(10-8-12)18(31)28-19(26-14-5-3-1-2-4-6-14)27-16-11-15(29-30-16)20(23,24)25/h7-11,14,17H,1-6H2,(H3,26,27,28,29,30,31). The number of hydrogen-bond donors (Lipinski definition) is 3. The summed E-state index contributed by atoms with van der Waals surface area (Å²) in [6.07, 6.45) is -1.60. The molecule has 0 radical (unpaired) electrons. The number of hydrogen-bond acceptors (Lipinski definition) is 3. The Morgan fingerprint density at radius 3 is 2.29 bits per heavy atom. The first-order chi connectivity index (χ1) is 14.7. The van der Waals surface area contributed by atoms with Crippen molar-refractivity contribution in [1.82, 2.24) is 15.5 Å². The van der Waals surface area contributed by atoms with Crippen LogP contribution in [0.15, 0.2) is 35.3 Å². The Bertz CT molecular complexity index is 899. The third kappa shape index (κ3) is 6.50. The van der Waals surface area contributed by atoms with E-state index in [-0.39, 0.29) is 28.9 Å². The first kappa shape index (κ1) is 22.7. The highest BCUT2D eigenvalue weighted by Gasteiger charge is 2.33. The van der Waals surface area contributed by atoms with Gasteiger partial charge in [0.1, 0.15) is 5.69 Å². The topological polar surface area (TPSA) is 82.2 Å². The second-order valence-electron chi connectivity index (χ2n) is 7.29. The normalized spacial score (nSPS) is 16.3. The first-order valence-electron chi connectivity index (χ1n) is 9.89. The minimum Gasteiger partial charge on any atom is -0.309 e. The Labute approximate surface area is 175 Å². The smallest absolute Gasteiger partial charge is 0.309 e. The molecule has 0 unspecified atom stereocenters. The number of halogens is 5. The molecule has 1 heterocycles. The molecule has 0 spiro atoms. The molecule has 1 aromatic carbocycles. The molecule has 1 fully saturated rings. The van der Waals surface area contributed by atoms with Crippen LogP contribution in [-0.2, 0) is 6.18 Å². The van der Waals surface area contributed by atoms with Crippen LogP contribution in [0.25, 0.3) is 0 Å². The van der Waals surface area contributed by atoms with E-state index in [4.69, 9.17) is 0 Å². The van der Waals surface area contributed by atoms with E-state index >= 15 is 0 Å². The zero-order chi connectivity index (χ0) is 22.4. The number of nitrogens with one attached hydrogen (secondary N) is 3. The predicted molar refractivity (Wildman–Crippen MR) is 105 cm³/mol. The second-order valence-corrected chi connectivity index (χ2v) is 7.29. The molecular formula is C20H22F5N5O. The van der Waals surface area contributed by atoms with Gasteiger partial charge in [-0.1, -0.05) is 37.8 Å². The molecule has 1 aromatic heterocycles. The van der Waals surface area contributed by atoms with Gasteiger partial charge in [0.2, 0.25) is 5.96 Å². The maximum Gasteiger partial charge on any atom is 0.432 e. The molecule has 1 saturated carbocycles. The number of rotatable bonds is 4. The predicted octanol–water partition coefficient (Wildman–Crippen LogP) is 5.29. The van der Waals surface area contributed by atoms with E-state index in [1.165, 1.54) is 12.1 Å². The van der Waals surface area contributed by atoms with Crippen LogP contribution in [0.3, 0.4) is 0 Å². The number of H-pyrrole nitrogens is 1. The van der Waals surface area contributed by atoms with E-state index in [1.807, 2.05) is 5.10 Å². The molecule has 0 atom stereocenters. The summed E-state index contributed by atoms with van der Waals surface area (Å²) >= 11 is 0. The van der Waals surface area contributed by atoms with Crippen LogP contribution < -0.4 is 10.6 Å². The van der Waals surface area contributed by atoms with Crippen LogP contribution in [0.1, 0.15) is 66.6 Å². The van der Waals surface area contributed by atoms with Crippen molar-refractivity contribution in [3.05, 3.63) is 47.2 Å². The molecule has 1 aliphatic carbocycles. The molecule has 1 aliphatic rings. The lowest BCUT2D eigenvalue weighted by Crippen LogP contribution is -2.37. The van der Waals surface area contributed by atoms with Crippen LogP contribution in [0.2, 0.25) is 0 Å². The lowest BCUT2D eigenvalue weighted by Gasteiger charge is -2.14. The summed E-state index contributed by atoms with van der Waals surface area (Å²) in [5.74, 6) is -0.838. The molecule has 11 heteroatoms. The van der Waals surface area contributed by atoms with Crippen molar-refractivity contribution in [1.29, 1.82) is 0 Å². The number of carbonyl (C=O) groups excluding carboxylic acids is 1. The zero-order valence-electron chi connectivity index (χ0n) is 16.5. The molecule has 3 N–H and O–H groups in total. The van der Waals surface area contributed by atoms with E-state index in [0.717, 1.165) is 56.7 Å². The Hall–Kier alpha value is -2.98. The van der Waals surface area contributed by atoms with Gasteiger partial charge in [-0.15, -0.1) is 0 Å². The number of aromatic nitrogens is 2. The number of aromatic amines is 1. The van der Waals surface area contributed by atoms with Crippen molar-refractivity contribution in [2.75, 3.05) is 5.32 Å². The zero-order valence-corrected chi connectivity index (χ0v) is 16.5. The van der Waals surface area contributed by atoms with Crippen LogP contribution in [-0.4, -0.2) is 28.1 Å². The summed E-state index contributed by atoms with van der Waals surface area (Å²) in [4.78, 5) is 17.1. The van der Waals surface area contributed by atoms with Gasteiger partial charge in [0.15, 0.2) is 5.82 Å². The van der Waals surface area contributed by atoms with E-state index in [2.05, 4.69) is 20.7 Å². The fraction of sp³-hybridized carbons (Fsp3) is 0.450. The summed E-state index contributed by atoms with van der Waals surface area (Å²) < 4.78 is 63.9. The van der Waals surface area contributed by atoms with Crippen molar-refractivity contribution in [2.24, 2.45) is 4.99 Å². The molecule has 0 bridgehead atoms. The lowest BCUT2D eigenvalue weighted by molar-refractivity contribution is -0.141. The highest BCUT2D eigenvalue weighted by molar-refractivity contribution is 6.09. The van der Waals surface area contributed by atoms with Crippen LogP contribution >= 0.6 is 0 Å². The quantitative estimate of drug-likeness (QED) is 0.260. The number of anilines is 1. The van der Waals surface area contributed by atoms with Gasteiger partial charge >= 0.3 is 6.18 Å². The number of nitrogens with zero attached hydrogens (tertiary/aromatic N) is 2. The number of benzene rings is 1. The van der Waals surface area contributed by atoms with Gasteiger partial charge in [-0.05, 0) is 25.0 Å². The van der Waals surface area contributed by atoms with Crippen molar-refractivity contribution in [3.8, 4) is 0 Å². The summed E-state index contributed by atoms with van der Waals surface area (Å²) in [5, 5.41) is 10.6. The van der Waals surface area contributed by atoms with Crippen LogP contribution in [0, 0.1) is 0 Å². The maximum atomic E-state index is 12.8. The second kappa shape index (κ2) is 9.88. The monoisotopic (exact) mass is 443 g/mol. The SMILES string of the molecule is O=C(NC(=NC1CCCCCC1)Nc1cc(C(F)(F)F)[nH]n1)c1ccc(C(F)F)cc1. The molecule has 0 saturated heterocycles. The molecule has 6 nitrogen and oxygen atoms in total. The highest BCUT2D eigenvalue weighted by Crippen LogP contribution is 2.28. The molecular weight excluding hydrogens is 421 g/mol. The van der Waals surface area contributed by atoms with Gasteiger partial charge < -0.3 is 5.32 Å². The van der Waals surface area contributed by atoms with Gasteiger partial charge in [0.25, 0.3) is 12.3 Å². The summed E-state index contributed by atoms with van der Waals surface area (Å²) in [5.41, 5.74) is -1.16. The average Bonchev–Trinajstić information content (AvgIpc) is 3.05.